The summed E-state index contributed by atoms with van der Waals surface area (Å²) in [6, 6.07) is 6.15. The van der Waals surface area contributed by atoms with Crippen molar-refractivity contribution in [1.82, 2.24) is 10.6 Å². The van der Waals surface area contributed by atoms with Gasteiger partial charge >= 0.3 is 0 Å². The summed E-state index contributed by atoms with van der Waals surface area (Å²) in [7, 11) is 0. The molecule has 2 rings (SSSR count). The van der Waals surface area contributed by atoms with Gasteiger partial charge in [-0.25, -0.2) is 4.39 Å². The van der Waals surface area contributed by atoms with E-state index in [1.54, 1.807) is 12.1 Å². The van der Waals surface area contributed by atoms with E-state index in [1.165, 1.54) is 12.1 Å². The number of aliphatic hydroxyl groups excluding tert-OH is 1. The Balaban J connectivity index is 0.00000180. The molecule has 5 heteroatoms. The molecule has 1 aliphatic heterocycles. The van der Waals surface area contributed by atoms with Gasteiger partial charge in [-0.2, -0.15) is 0 Å². The molecule has 19 heavy (non-hydrogen) atoms. The number of hydrogen-bond acceptors (Lipinski definition) is 3. The van der Waals surface area contributed by atoms with Crippen LogP contribution in [0.4, 0.5) is 4.39 Å². The topological polar surface area (TPSA) is 44.3 Å². The summed E-state index contributed by atoms with van der Waals surface area (Å²) in [5.74, 6) is -0.306. The molecule has 3 N–H and O–H groups in total. The number of benzene rings is 1. The maximum atomic E-state index is 13.1. The van der Waals surface area contributed by atoms with E-state index in [0.717, 1.165) is 25.9 Å². The summed E-state index contributed by atoms with van der Waals surface area (Å²) in [5.41, 5.74) is 0.694. The zero-order chi connectivity index (χ0) is 13.0. The van der Waals surface area contributed by atoms with Crippen molar-refractivity contribution >= 4 is 12.4 Å². The predicted molar refractivity (Wildman–Crippen MR) is 77.1 cm³/mol. The standard InChI is InChI=1S/C14H21FN2O.ClH/c1-14(5-7-16-8-6-14)17-10-13(18)11-3-2-4-12(15)9-11;/h2-4,9,13,16-18H,5-8,10H2,1H3;1H/t13-;/m0./s1. The van der Waals surface area contributed by atoms with Crippen molar-refractivity contribution in [1.29, 1.82) is 0 Å². The summed E-state index contributed by atoms with van der Waals surface area (Å²) in [5, 5.41) is 16.8. The van der Waals surface area contributed by atoms with Gasteiger partial charge in [0.15, 0.2) is 0 Å². The lowest BCUT2D eigenvalue weighted by Crippen LogP contribution is -2.51. The molecular formula is C14H22ClFN2O. The molecule has 0 radical (unpaired) electrons. The highest BCUT2D eigenvalue weighted by atomic mass is 35.5. The zero-order valence-corrected chi connectivity index (χ0v) is 12.0. The molecule has 0 spiro atoms. The minimum atomic E-state index is -0.660. The normalized spacial score (nSPS) is 19.5. The lowest BCUT2D eigenvalue weighted by molar-refractivity contribution is 0.148. The van der Waals surface area contributed by atoms with E-state index >= 15 is 0 Å². The number of aliphatic hydroxyl groups is 1. The van der Waals surface area contributed by atoms with Gasteiger partial charge in [0.2, 0.25) is 0 Å². The molecule has 0 aliphatic carbocycles. The predicted octanol–water partition coefficient (Wildman–Crippen LogP) is 2.01. The summed E-state index contributed by atoms with van der Waals surface area (Å²) in [4.78, 5) is 0. The van der Waals surface area contributed by atoms with E-state index in [0.29, 0.717) is 12.1 Å². The third kappa shape index (κ3) is 4.73. The summed E-state index contributed by atoms with van der Waals surface area (Å²) >= 11 is 0. The summed E-state index contributed by atoms with van der Waals surface area (Å²) in [6.45, 7) is 4.63. The van der Waals surface area contributed by atoms with Crippen LogP contribution in [0.5, 0.6) is 0 Å². The highest BCUT2D eigenvalue weighted by molar-refractivity contribution is 5.85. The SMILES string of the molecule is CC1(NC[C@H](O)c2cccc(F)c2)CCNCC1.Cl. The molecule has 0 bridgehead atoms. The molecule has 1 aromatic rings. The van der Waals surface area contributed by atoms with E-state index in [1.807, 2.05) is 0 Å². The van der Waals surface area contributed by atoms with Crippen LogP contribution in [0.3, 0.4) is 0 Å². The van der Waals surface area contributed by atoms with E-state index in [4.69, 9.17) is 0 Å². The Labute approximate surface area is 120 Å². The summed E-state index contributed by atoms with van der Waals surface area (Å²) < 4.78 is 13.1. The molecule has 1 heterocycles. The Kier molecular flexibility index (Phi) is 6.20. The van der Waals surface area contributed by atoms with Crippen molar-refractivity contribution in [3.05, 3.63) is 35.6 Å². The Morgan fingerprint density at radius 3 is 2.74 bits per heavy atom. The largest absolute Gasteiger partial charge is 0.387 e. The number of halogens is 2. The number of nitrogens with one attached hydrogen (secondary N) is 2. The van der Waals surface area contributed by atoms with Gasteiger partial charge in [-0.1, -0.05) is 12.1 Å². The summed E-state index contributed by atoms with van der Waals surface area (Å²) in [6.07, 6.45) is 1.43. The van der Waals surface area contributed by atoms with Crippen LogP contribution < -0.4 is 10.6 Å². The first-order valence-electron chi connectivity index (χ1n) is 6.48. The van der Waals surface area contributed by atoms with Gasteiger partial charge in [0.1, 0.15) is 5.82 Å². The second-order valence-corrected chi connectivity index (χ2v) is 5.26. The smallest absolute Gasteiger partial charge is 0.123 e. The molecule has 0 aromatic heterocycles. The Hall–Kier alpha value is -0.680. The van der Waals surface area contributed by atoms with Crippen LogP contribution in [0.1, 0.15) is 31.4 Å². The van der Waals surface area contributed by atoms with E-state index < -0.39 is 6.10 Å². The van der Waals surface area contributed by atoms with Crippen molar-refractivity contribution in [2.24, 2.45) is 0 Å². The highest BCUT2D eigenvalue weighted by Gasteiger charge is 2.26. The minimum absolute atomic E-state index is 0. The molecule has 1 atom stereocenters. The Morgan fingerprint density at radius 1 is 1.42 bits per heavy atom. The van der Waals surface area contributed by atoms with Crippen molar-refractivity contribution in [3.63, 3.8) is 0 Å². The maximum absolute atomic E-state index is 13.1. The van der Waals surface area contributed by atoms with Crippen LogP contribution in [-0.2, 0) is 0 Å². The Morgan fingerprint density at radius 2 is 2.11 bits per heavy atom. The van der Waals surface area contributed by atoms with Gasteiger partial charge in [0.25, 0.3) is 0 Å². The maximum Gasteiger partial charge on any atom is 0.123 e. The lowest BCUT2D eigenvalue weighted by Gasteiger charge is -2.36. The number of β-amino-alcohol motifs (C(OH)–C–C–N with tert-alkyl or cyclic N) is 1. The first kappa shape index (κ1) is 16.4. The van der Waals surface area contributed by atoms with Gasteiger partial charge < -0.3 is 15.7 Å². The zero-order valence-electron chi connectivity index (χ0n) is 11.2. The molecule has 1 aromatic carbocycles. The number of rotatable bonds is 4. The average molecular weight is 289 g/mol. The minimum Gasteiger partial charge on any atom is -0.387 e. The first-order chi connectivity index (χ1) is 8.59. The van der Waals surface area contributed by atoms with Gasteiger partial charge in [0.05, 0.1) is 6.10 Å². The van der Waals surface area contributed by atoms with Crippen LogP contribution in [0.15, 0.2) is 24.3 Å². The quantitative estimate of drug-likeness (QED) is 0.794. The van der Waals surface area contributed by atoms with Crippen LogP contribution in [0.25, 0.3) is 0 Å². The van der Waals surface area contributed by atoms with Crippen molar-refractivity contribution in [2.75, 3.05) is 19.6 Å². The van der Waals surface area contributed by atoms with E-state index in [9.17, 15) is 9.50 Å². The van der Waals surface area contributed by atoms with Crippen LogP contribution in [-0.4, -0.2) is 30.3 Å². The molecule has 1 saturated heterocycles. The average Bonchev–Trinajstić information content (AvgIpc) is 2.37. The van der Waals surface area contributed by atoms with Gasteiger partial charge in [0, 0.05) is 12.1 Å². The first-order valence-corrected chi connectivity index (χ1v) is 6.48. The van der Waals surface area contributed by atoms with Crippen molar-refractivity contribution < 1.29 is 9.50 Å². The molecule has 3 nitrogen and oxygen atoms in total. The fourth-order valence-corrected chi connectivity index (χ4v) is 2.33. The number of piperidine rings is 1. The van der Waals surface area contributed by atoms with Gasteiger partial charge in [-0.15, -0.1) is 12.4 Å². The molecule has 0 unspecified atom stereocenters. The van der Waals surface area contributed by atoms with Crippen molar-refractivity contribution in [3.8, 4) is 0 Å². The number of hydrogen-bond donors (Lipinski definition) is 3. The Bertz CT molecular complexity index is 397. The van der Waals surface area contributed by atoms with Gasteiger partial charge in [-0.05, 0) is 50.6 Å². The van der Waals surface area contributed by atoms with Crippen molar-refractivity contribution in [2.45, 2.75) is 31.4 Å². The van der Waals surface area contributed by atoms with Crippen LogP contribution in [0.2, 0.25) is 0 Å². The fraction of sp³-hybridized carbons (Fsp3) is 0.571. The molecular weight excluding hydrogens is 267 g/mol. The van der Waals surface area contributed by atoms with E-state index in [2.05, 4.69) is 17.6 Å². The third-order valence-corrected chi connectivity index (χ3v) is 3.66. The van der Waals surface area contributed by atoms with Crippen LogP contribution in [0, 0.1) is 5.82 Å². The molecule has 1 fully saturated rings. The molecule has 0 saturated carbocycles. The second kappa shape index (κ2) is 7.20. The second-order valence-electron chi connectivity index (χ2n) is 5.26. The molecule has 1 aliphatic rings. The molecule has 0 amide bonds. The third-order valence-electron chi connectivity index (χ3n) is 3.66. The monoisotopic (exact) mass is 288 g/mol. The van der Waals surface area contributed by atoms with E-state index in [-0.39, 0.29) is 23.8 Å². The highest BCUT2D eigenvalue weighted by Crippen LogP contribution is 2.19. The van der Waals surface area contributed by atoms with Crippen LogP contribution >= 0.6 is 12.4 Å². The lowest BCUT2D eigenvalue weighted by atomic mass is 9.90. The fourth-order valence-electron chi connectivity index (χ4n) is 2.33. The van der Waals surface area contributed by atoms with Gasteiger partial charge in [-0.3, -0.25) is 0 Å². The molecule has 108 valence electrons.